The van der Waals surface area contributed by atoms with Crippen LogP contribution < -0.4 is 4.74 Å². The highest BCUT2D eigenvalue weighted by molar-refractivity contribution is 8.13. The number of imide groups is 1. The van der Waals surface area contributed by atoms with Crippen molar-refractivity contribution in [2.24, 2.45) is 4.99 Å². The van der Waals surface area contributed by atoms with Crippen LogP contribution in [0, 0.1) is 0 Å². The second-order valence-corrected chi connectivity index (χ2v) is 8.09. The van der Waals surface area contributed by atoms with Gasteiger partial charge in [0.25, 0.3) is 5.91 Å². The molecular weight excluding hydrogens is 436 g/mol. The summed E-state index contributed by atoms with van der Waals surface area (Å²) in [7, 11) is 1.59. The number of rotatable bonds is 6. The standard InChI is InChI=1S/C26H22N2O4S/c1-31-22-14-12-19(13-15-22)16-23-24(29)28(26(30)32-17-20-8-4-2-5-9-20)25(27-23)33-18-21-10-6-3-7-11-21/h2-16H,17-18H2,1H3/b23-16-. The van der Waals surface area contributed by atoms with Crippen LogP contribution in [0.1, 0.15) is 16.7 Å². The zero-order valence-electron chi connectivity index (χ0n) is 18.0. The Kier molecular flexibility index (Phi) is 7.22. The van der Waals surface area contributed by atoms with E-state index in [1.807, 2.05) is 72.8 Å². The normalized spacial score (nSPS) is 14.3. The topological polar surface area (TPSA) is 68.2 Å². The predicted octanol–water partition coefficient (Wildman–Crippen LogP) is 5.50. The molecule has 1 aliphatic rings. The van der Waals surface area contributed by atoms with Gasteiger partial charge in [-0.15, -0.1) is 0 Å². The van der Waals surface area contributed by atoms with Crippen LogP contribution in [0.2, 0.25) is 0 Å². The molecule has 0 fully saturated rings. The van der Waals surface area contributed by atoms with Gasteiger partial charge >= 0.3 is 6.09 Å². The molecule has 4 rings (SSSR count). The lowest BCUT2D eigenvalue weighted by molar-refractivity contribution is -0.121. The van der Waals surface area contributed by atoms with Gasteiger partial charge in [0.1, 0.15) is 18.1 Å². The van der Waals surface area contributed by atoms with Crippen molar-refractivity contribution >= 4 is 35.0 Å². The van der Waals surface area contributed by atoms with Gasteiger partial charge in [0.05, 0.1) is 7.11 Å². The van der Waals surface area contributed by atoms with E-state index in [0.29, 0.717) is 16.7 Å². The van der Waals surface area contributed by atoms with Gasteiger partial charge in [0.15, 0.2) is 5.17 Å². The smallest absolute Gasteiger partial charge is 0.423 e. The Morgan fingerprint density at radius 2 is 1.58 bits per heavy atom. The molecule has 0 saturated heterocycles. The average molecular weight is 459 g/mol. The summed E-state index contributed by atoms with van der Waals surface area (Å²) in [5.74, 6) is 0.758. The summed E-state index contributed by atoms with van der Waals surface area (Å²) in [6.45, 7) is 0.0671. The molecule has 6 nitrogen and oxygen atoms in total. The zero-order valence-corrected chi connectivity index (χ0v) is 18.8. The quantitative estimate of drug-likeness (QED) is 0.456. The Morgan fingerprint density at radius 1 is 0.939 bits per heavy atom. The van der Waals surface area contributed by atoms with Crippen molar-refractivity contribution in [2.75, 3.05) is 7.11 Å². The molecular formula is C26H22N2O4S. The van der Waals surface area contributed by atoms with Crippen LogP contribution in [0.25, 0.3) is 6.08 Å². The molecule has 0 aliphatic carbocycles. The Morgan fingerprint density at radius 3 is 2.21 bits per heavy atom. The molecule has 0 radical (unpaired) electrons. The largest absolute Gasteiger partial charge is 0.497 e. The molecule has 0 saturated carbocycles. The average Bonchev–Trinajstić information content (AvgIpc) is 3.17. The number of methoxy groups -OCH3 is 1. The van der Waals surface area contributed by atoms with Crippen molar-refractivity contribution in [2.45, 2.75) is 12.4 Å². The van der Waals surface area contributed by atoms with Crippen molar-refractivity contribution in [3.63, 3.8) is 0 Å². The van der Waals surface area contributed by atoms with Crippen molar-refractivity contribution in [3.8, 4) is 5.75 Å². The minimum atomic E-state index is -0.749. The molecule has 2 amide bonds. The molecule has 0 atom stereocenters. The van der Waals surface area contributed by atoms with E-state index in [4.69, 9.17) is 9.47 Å². The number of carbonyl (C=O) groups excluding carboxylic acids is 2. The molecule has 166 valence electrons. The lowest BCUT2D eigenvalue weighted by atomic mass is 10.2. The molecule has 0 unspecified atom stereocenters. The number of hydrogen-bond donors (Lipinski definition) is 0. The maximum Gasteiger partial charge on any atom is 0.423 e. The van der Waals surface area contributed by atoms with Gasteiger partial charge in [-0.3, -0.25) is 4.79 Å². The third kappa shape index (κ3) is 5.70. The molecule has 3 aromatic rings. The van der Waals surface area contributed by atoms with E-state index in [1.165, 1.54) is 11.8 Å². The van der Waals surface area contributed by atoms with E-state index < -0.39 is 12.0 Å². The number of hydrogen-bond acceptors (Lipinski definition) is 6. The summed E-state index contributed by atoms with van der Waals surface area (Å²) in [5.41, 5.74) is 2.84. The second kappa shape index (κ2) is 10.7. The number of nitrogens with zero attached hydrogens (tertiary/aromatic N) is 2. The Balaban J connectivity index is 1.55. The molecule has 0 aromatic heterocycles. The number of ether oxygens (including phenoxy) is 2. The molecule has 3 aromatic carbocycles. The lowest BCUT2D eigenvalue weighted by Crippen LogP contribution is -2.37. The van der Waals surface area contributed by atoms with Gasteiger partial charge < -0.3 is 9.47 Å². The Labute approximate surface area is 196 Å². The molecule has 33 heavy (non-hydrogen) atoms. The first-order valence-corrected chi connectivity index (χ1v) is 11.3. The number of carbonyl (C=O) groups is 2. The fraction of sp³-hybridized carbons (Fsp3) is 0.115. The molecule has 1 aliphatic heterocycles. The molecule has 0 spiro atoms. The first kappa shape index (κ1) is 22.4. The van der Waals surface area contributed by atoms with Gasteiger partial charge in [0.2, 0.25) is 0 Å². The summed E-state index contributed by atoms with van der Waals surface area (Å²) < 4.78 is 10.6. The van der Waals surface area contributed by atoms with Crippen LogP contribution >= 0.6 is 11.8 Å². The van der Waals surface area contributed by atoms with Gasteiger partial charge in [-0.1, -0.05) is 84.6 Å². The van der Waals surface area contributed by atoms with Crippen LogP contribution in [0.15, 0.2) is 95.6 Å². The van der Waals surface area contributed by atoms with Gasteiger partial charge in [-0.2, -0.15) is 4.90 Å². The summed E-state index contributed by atoms with van der Waals surface area (Å²) in [6, 6.07) is 26.3. The summed E-state index contributed by atoms with van der Waals surface area (Å²) in [6.07, 6.45) is 0.899. The van der Waals surface area contributed by atoms with Crippen molar-refractivity contribution in [1.29, 1.82) is 0 Å². The highest BCUT2D eigenvalue weighted by Gasteiger charge is 2.37. The van der Waals surface area contributed by atoms with Crippen molar-refractivity contribution < 1.29 is 19.1 Å². The van der Waals surface area contributed by atoms with Gasteiger partial charge in [-0.05, 0) is 34.9 Å². The van der Waals surface area contributed by atoms with Crippen LogP contribution in [0.3, 0.4) is 0 Å². The second-order valence-electron chi connectivity index (χ2n) is 7.15. The van der Waals surface area contributed by atoms with E-state index in [1.54, 1.807) is 25.3 Å². The molecule has 7 heteroatoms. The third-order valence-corrected chi connectivity index (χ3v) is 5.86. The van der Waals surface area contributed by atoms with Crippen LogP contribution in [-0.4, -0.2) is 29.2 Å². The first-order valence-electron chi connectivity index (χ1n) is 10.3. The van der Waals surface area contributed by atoms with Crippen LogP contribution in [-0.2, 0) is 21.9 Å². The van der Waals surface area contributed by atoms with Gasteiger partial charge in [0, 0.05) is 5.75 Å². The molecule has 0 bridgehead atoms. The number of amidine groups is 1. The monoisotopic (exact) mass is 458 g/mol. The van der Waals surface area contributed by atoms with Crippen molar-refractivity contribution in [3.05, 3.63) is 107 Å². The number of amides is 2. The van der Waals surface area contributed by atoms with E-state index in [-0.39, 0.29) is 12.3 Å². The number of benzene rings is 3. The summed E-state index contributed by atoms with van der Waals surface area (Å²) >= 11 is 1.31. The van der Waals surface area contributed by atoms with E-state index in [9.17, 15) is 9.59 Å². The summed E-state index contributed by atoms with van der Waals surface area (Å²) in [4.78, 5) is 31.5. The molecule has 1 heterocycles. The van der Waals surface area contributed by atoms with E-state index in [0.717, 1.165) is 21.6 Å². The zero-order chi connectivity index (χ0) is 23.0. The number of thioether (sulfide) groups is 1. The molecule has 0 N–H and O–H groups in total. The van der Waals surface area contributed by atoms with E-state index >= 15 is 0 Å². The maximum atomic E-state index is 13.1. The highest BCUT2D eigenvalue weighted by Crippen LogP contribution is 2.27. The lowest BCUT2D eigenvalue weighted by Gasteiger charge is -2.16. The van der Waals surface area contributed by atoms with Crippen LogP contribution in [0.5, 0.6) is 5.75 Å². The third-order valence-electron chi connectivity index (χ3n) is 4.85. The SMILES string of the molecule is COc1ccc(/C=C2\N=C(SCc3ccccc3)N(C(=O)OCc3ccccc3)C2=O)cc1. The van der Waals surface area contributed by atoms with Gasteiger partial charge in [-0.25, -0.2) is 9.79 Å². The minimum Gasteiger partial charge on any atom is -0.497 e. The van der Waals surface area contributed by atoms with Crippen molar-refractivity contribution in [1.82, 2.24) is 4.90 Å². The Bertz CT molecular complexity index is 1180. The number of aliphatic imine (C=N–C) groups is 1. The van der Waals surface area contributed by atoms with Crippen LogP contribution in [0.4, 0.5) is 4.79 Å². The fourth-order valence-corrected chi connectivity index (χ4v) is 4.06. The summed E-state index contributed by atoms with van der Waals surface area (Å²) in [5, 5.41) is 0.293. The maximum absolute atomic E-state index is 13.1. The van der Waals surface area contributed by atoms with E-state index in [2.05, 4.69) is 4.99 Å². The minimum absolute atomic E-state index is 0.0671. The first-order chi connectivity index (χ1) is 16.1. The Hall–Kier alpha value is -3.84. The highest BCUT2D eigenvalue weighted by atomic mass is 32.2. The predicted molar refractivity (Wildman–Crippen MR) is 130 cm³/mol. The fourth-order valence-electron chi connectivity index (χ4n) is 3.12.